The van der Waals surface area contributed by atoms with E-state index in [4.69, 9.17) is 4.42 Å². The molecule has 4 heterocycles. The summed E-state index contributed by atoms with van der Waals surface area (Å²) in [7, 11) is 0. The first kappa shape index (κ1) is 25.1. The van der Waals surface area contributed by atoms with Gasteiger partial charge in [0.2, 0.25) is 5.91 Å². The molecule has 1 saturated heterocycles. The minimum Gasteiger partial charge on any atom is -0.463 e. The molecular formula is C29H42N4O3. The lowest BCUT2D eigenvalue weighted by Crippen LogP contribution is -2.65. The van der Waals surface area contributed by atoms with E-state index in [2.05, 4.69) is 10.2 Å². The molecule has 7 heteroatoms. The number of hydrogen-bond donors (Lipinski definition) is 1. The van der Waals surface area contributed by atoms with Crippen molar-refractivity contribution in [3.63, 3.8) is 0 Å². The largest absolute Gasteiger partial charge is 0.463 e. The molecule has 1 N–H and O–H groups in total. The van der Waals surface area contributed by atoms with Gasteiger partial charge in [0, 0.05) is 12.6 Å². The Morgan fingerprint density at radius 2 is 1.67 bits per heavy atom. The van der Waals surface area contributed by atoms with Crippen LogP contribution in [0.5, 0.6) is 0 Å². The summed E-state index contributed by atoms with van der Waals surface area (Å²) in [4.78, 5) is 32.2. The predicted molar refractivity (Wildman–Crippen MR) is 141 cm³/mol. The highest BCUT2D eigenvalue weighted by atomic mass is 16.3. The molecule has 1 atom stereocenters. The third kappa shape index (κ3) is 5.26. The zero-order valence-electron chi connectivity index (χ0n) is 21.8. The highest BCUT2D eigenvalue weighted by molar-refractivity contribution is 6.00. The summed E-state index contributed by atoms with van der Waals surface area (Å²) in [5.41, 5.74) is 0.534. The maximum absolute atomic E-state index is 14.0. The van der Waals surface area contributed by atoms with Crippen molar-refractivity contribution in [1.82, 2.24) is 19.7 Å². The summed E-state index contributed by atoms with van der Waals surface area (Å²) in [5, 5.41) is 3.38. The van der Waals surface area contributed by atoms with E-state index in [1.807, 2.05) is 40.7 Å². The van der Waals surface area contributed by atoms with Crippen molar-refractivity contribution in [2.75, 3.05) is 26.2 Å². The number of aromatic nitrogens is 1. The Labute approximate surface area is 215 Å². The molecule has 2 aliphatic heterocycles. The summed E-state index contributed by atoms with van der Waals surface area (Å²) >= 11 is 0. The van der Waals surface area contributed by atoms with Gasteiger partial charge >= 0.3 is 0 Å². The number of hydrogen-bond acceptors (Lipinski definition) is 4. The fourth-order valence-corrected chi connectivity index (χ4v) is 6.34. The Morgan fingerprint density at radius 1 is 0.972 bits per heavy atom. The van der Waals surface area contributed by atoms with Crippen molar-refractivity contribution in [1.29, 1.82) is 0 Å². The van der Waals surface area contributed by atoms with Crippen LogP contribution < -0.4 is 5.32 Å². The Bertz CT molecular complexity index is 1020. The van der Waals surface area contributed by atoms with Crippen molar-refractivity contribution >= 4 is 11.8 Å². The second kappa shape index (κ2) is 11.2. The first-order chi connectivity index (χ1) is 17.6. The average Bonchev–Trinajstić information content (AvgIpc) is 3.53. The number of rotatable bonds is 7. The molecule has 2 aromatic rings. The van der Waals surface area contributed by atoms with Crippen LogP contribution in [0.2, 0.25) is 0 Å². The number of carbonyl (C=O) groups is 2. The molecule has 3 aliphatic rings. The van der Waals surface area contributed by atoms with Gasteiger partial charge < -0.3 is 24.1 Å². The maximum atomic E-state index is 14.0. The van der Waals surface area contributed by atoms with Crippen LogP contribution >= 0.6 is 0 Å². The molecule has 0 spiro atoms. The molecule has 2 fully saturated rings. The number of amides is 2. The van der Waals surface area contributed by atoms with Crippen molar-refractivity contribution in [2.24, 2.45) is 0 Å². The fraction of sp³-hybridized carbons (Fsp3) is 0.655. The summed E-state index contributed by atoms with van der Waals surface area (Å²) in [6, 6.07) is 7.77. The van der Waals surface area contributed by atoms with Crippen molar-refractivity contribution in [2.45, 2.75) is 95.7 Å². The van der Waals surface area contributed by atoms with E-state index in [0.29, 0.717) is 18.8 Å². The molecule has 36 heavy (non-hydrogen) atoms. The molecule has 0 bridgehead atoms. The zero-order chi connectivity index (χ0) is 25.0. The SMILES string of the molecule is CC1(C(=O)NC2CCCCCCC2)Cn2c(ccc2-c2ccco2)C(=O)N1CCCN1CCCCC1. The molecule has 2 aromatic heterocycles. The normalized spacial score (nSPS) is 24.2. The van der Waals surface area contributed by atoms with E-state index in [1.54, 1.807) is 6.26 Å². The third-order valence-electron chi connectivity index (χ3n) is 8.51. The monoisotopic (exact) mass is 494 g/mol. The number of likely N-dealkylation sites (tertiary alicyclic amines) is 1. The molecule has 196 valence electrons. The van der Waals surface area contributed by atoms with E-state index in [-0.39, 0.29) is 17.9 Å². The van der Waals surface area contributed by atoms with Gasteiger partial charge in [0.05, 0.1) is 18.5 Å². The molecular weight excluding hydrogens is 452 g/mol. The molecule has 2 amide bonds. The van der Waals surface area contributed by atoms with Crippen LogP contribution in [-0.2, 0) is 11.3 Å². The highest BCUT2D eigenvalue weighted by Gasteiger charge is 2.48. The Hall–Kier alpha value is -2.54. The quantitative estimate of drug-likeness (QED) is 0.584. The molecule has 1 saturated carbocycles. The summed E-state index contributed by atoms with van der Waals surface area (Å²) < 4.78 is 7.65. The van der Waals surface area contributed by atoms with E-state index in [0.717, 1.165) is 63.2 Å². The van der Waals surface area contributed by atoms with E-state index in [1.165, 1.54) is 38.5 Å². The van der Waals surface area contributed by atoms with Gasteiger partial charge in [-0.05, 0) is 82.9 Å². The fourth-order valence-electron chi connectivity index (χ4n) is 6.34. The van der Waals surface area contributed by atoms with Gasteiger partial charge in [-0.25, -0.2) is 0 Å². The topological polar surface area (TPSA) is 70.7 Å². The minimum absolute atomic E-state index is 0.0239. The van der Waals surface area contributed by atoms with Gasteiger partial charge in [-0.1, -0.05) is 38.5 Å². The predicted octanol–water partition coefficient (Wildman–Crippen LogP) is 5.07. The maximum Gasteiger partial charge on any atom is 0.271 e. The molecule has 0 aromatic carbocycles. The van der Waals surface area contributed by atoms with Crippen molar-refractivity contribution < 1.29 is 14.0 Å². The number of nitrogens with one attached hydrogen (secondary N) is 1. The molecule has 0 radical (unpaired) electrons. The van der Waals surface area contributed by atoms with Gasteiger partial charge in [-0.3, -0.25) is 9.59 Å². The average molecular weight is 495 g/mol. The molecule has 5 rings (SSSR count). The number of piperidine rings is 1. The lowest BCUT2D eigenvalue weighted by atomic mass is 9.92. The van der Waals surface area contributed by atoms with Gasteiger partial charge in [-0.2, -0.15) is 0 Å². The molecule has 1 aliphatic carbocycles. The number of fused-ring (bicyclic) bond motifs is 1. The van der Waals surface area contributed by atoms with Crippen LogP contribution in [0.15, 0.2) is 34.9 Å². The van der Waals surface area contributed by atoms with Gasteiger partial charge in [0.15, 0.2) is 0 Å². The zero-order valence-corrected chi connectivity index (χ0v) is 21.8. The number of furan rings is 1. The van der Waals surface area contributed by atoms with Crippen LogP contribution in [0.3, 0.4) is 0 Å². The Morgan fingerprint density at radius 3 is 2.39 bits per heavy atom. The van der Waals surface area contributed by atoms with E-state index in [9.17, 15) is 9.59 Å². The third-order valence-corrected chi connectivity index (χ3v) is 8.51. The molecule has 7 nitrogen and oxygen atoms in total. The number of carbonyl (C=O) groups excluding carboxylic acids is 2. The van der Waals surface area contributed by atoms with Gasteiger partial charge in [-0.15, -0.1) is 0 Å². The van der Waals surface area contributed by atoms with Gasteiger partial charge in [0.1, 0.15) is 17.0 Å². The van der Waals surface area contributed by atoms with Crippen LogP contribution in [-0.4, -0.2) is 63.9 Å². The summed E-state index contributed by atoms with van der Waals surface area (Å²) in [6.07, 6.45) is 14.5. The van der Waals surface area contributed by atoms with Crippen LogP contribution in [0.4, 0.5) is 0 Å². The smallest absolute Gasteiger partial charge is 0.271 e. The summed E-state index contributed by atoms with van der Waals surface area (Å²) in [5.74, 6) is 0.632. The van der Waals surface area contributed by atoms with Crippen LogP contribution in [0.1, 0.15) is 88.0 Å². The van der Waals surface area contributed by atoms with E-state index >= 15 is 0 Å². The lowest BCUT2D eigenvalue weighted by molar-refractivity contribution is -0.133. The van der Waals surface area contributed by atoms with E-state index < -0.39 is 5.54 Å². The Balaban J connectivity index is 1.38. The van der Waals surface area contributed by atoms with Crippen LogP contribution in [0.25, 0.3) is 11.5 Å². The minimum atomic E-state index is -0.950. The number of nitrogens with zero attached hydrogens (tertiary/aromatic N) is 3. The standard InChI is InChI=1S/C29H42N4O3/c1-29(28(35)30-23-12-6-3-2-4-7-13-23)22-32-24(26-14-10-21-36-26)15-16-25(32)27(34)33(29)20-11-19-31-17-8-5-9-18-31/h10,14-16,21,23H,2-9,11-13,17-20,22H2,1H3,(H,30,35). The Kier molecular flexibility index (Phi) is 7.85. The highest BCUT2D eigenvalue weighted by Crippen LogP contribution is 2.34. The van der Waals surface area contributed by atoms with Crippen molar-refractivity contribution in [3.8, 4) is 11.5 Å². The summed E-state index contributed by atoms with van der Waals surface area (Å²) in [6.45, 7) is 6.23. The molecule has 1 unspecified atom stereocenters. The van der Waals surface area contributed by atoms with Gasteiger partial charge in [0.25, 0.3) is 5.91 Å². The van der Waals surface area contributed by atoms with Crippen LogP contribution in [0, 0.1) is 0 Å². The van der Waals surface area contributed by atoms with Crippen molar-refractivity contribution in [3.05, 3.63) is 36.2 Å². The lowest BCUT2D eigenvalue weighted by Gasteiger charge is -2.45. The second-order valence-electron chi connectivity index (χ2n) is 11.2. The second-order valence-corrected chi connectivity index (χ2v) is 11.2. The first-order valence-corrected chi connectivity index (χ1v) is 14.1. The first-order valence-electron chi connectivity index (χ1n) is 14.1.